The minimum atomic E-state index is -0.640. The highest BCUT2D eigenvalue weighted by Crippen LogP contribution is 2.16. The van der Waals surface area contributed by atoms with Crippen LogP contribution in [-0.2, 0) is 14.3 Å². The highest BCUT2D eigenvalue weighted by Gasteiger charge is 2.16. The molecule has 1 aromatic rings. The average molecular weight is 393 g/mol. The van der Waals surface area contributed by atoms with Gasteiger partial charge in [-0.25, -0.2) is 4.79 Å². The van der Waals surface area contributed by atoms with Crippen LogP contribution >= 0.6 is 0 Å². The van der Waals surface area contributed by atoms with Crippen molar-refractivity contribution in [3.8, 4) is 5.75 Å². The van der Waals surface area contributed by atoms with Gasteiger partial charge in [-0.15, -0.1) is 0 Å². The van der Waals surface area contributed by atoms with Gasteiger partial charge in [0.1, 0.15) is 11.4 Å². The Balaban J connectivity index is 2.09. The monoisotopic (exact) mass is 393 g/mol. The second kappa shape index (κ2) is 11.2. The van der Waals surface area contributed by atoms with Crippen molar-refractivity contribution >= 4 is 17.9 Å². The van der Waals surface area contributed by atoms with E-state index in [4.69, 9.17) is 9.47 Å². The lowest BCUT2D eigenvalue weighted by molar-refractivity contribution is -0.123. The highest BCUT2D eigenvalue weighted by molar-refractivity contribution is 5.82. The summed E-state index contributed by atoms with van der Waals surface area (Å²) in [5.41, 5.74) is 1.66. The summed E-state index contributed by atoms with van der Waals surface area (Å²) < 4.78 is 10.5. The summed E-state index contributed by atoms with van der Waals surface area (Å²) in [6, 6.07) is 5.67. The number of carbonyl (C=O) groups excluding carboxylic acids is 3. The van der Waals surface area contributed by atoms with E-state index in [-0.39, 0.29) is 25.0 Å². The van der Waals surface area contributed by atoms with E-state index in [1.54, 1.807) is 20.8 Å². The molecule has 0 spiro atoms. The Morgan fingerprint density at radius 3 is 2.18 bits per heavy atom. The number of nitrogens with one attached hydrogen (secondary N) is 3. The fourth-order valence-electron chi connectivity index (χ4n) is 2.08. The second-order valence-electron chi connectivity index (χ2n) is 7.44. The first-order valence-corrected chi connectivity index (χ1v) is 9.27. The molecule has 0 fully saturated rings. The molecule has 0 bridgehead atoms. The van der Waals surface area contributed by atoms with Gasteiger partial charge in [0, 0.05) is 13.1 Å². The minimum absolute atomic E-state index is 0.0608. The number of aryl methyl sites for hydroxylation is 2. The molecule has 0 heterocycles. The van der Waals surface area contributed by atoms with Gasteiger partial charge in [-0.3, -0.25) is 9.59 Å². The molecule has 156 valence electrons. The summed E-state index contributed by atoms with van der Waals surface area (Å²) in [6.45, 7) is 9.80. The summed E-state index contributed by atoms with van der Waals surface area (Å²) in [5.74, 6) is 0.106. The maximum absolute atomic E-state index is 11.8. The molecule has 0 aliphatic heterocycles. The molecule has 28 heavy (non-hydrogen) atoms. The molecule has 8 heteroatoms. The van der Waals surface area contributed by atoms with Crippen molar-refractivity contribution in [3.05, 3.63) is 29.3 Å². The summed E-state index contributed by atoms with van der Waals surface area (Å²) in [7, 11) is 0. The largest absolute Gasteiger partial charge is 0.484 e. The van der Waals surface area contributed by atoms with Gasteiger partial charge >= 0.3 is 6.09 Å². The number of hydrogen-bond acceptors (Lipinski definition) is 5. The Labute approximate surface area is 166 Å². The molecule has 0 saturated heterocycles. The Morgan fingerprint density at radius 1 is 0.929 bits per heavy atom. The molecular weight excluding hydrogens is 362 g/mol. The fourth-order valence-corrected chi connectivity index (χ4v) is 2.08. The third-order valence-electron chi connectivity index (χ3n) is 3.64. The first kappa shape index (κ1) is 23.3. The summed E-state index contributed by atoms with van der Waals surface area (Å²) in [4.78, 5) is 34.8. The molecule has 0 unspecified atom stereocenters. The lowest BCUT2D eigenvalue weighted by atomic mass is 10.1. The van der Waals surface area contributed by atoms with E-state index in [1.807, 2.05) is 32.0 Å². The molecule has 0 aliphatic carbocycles. The van der Waals surface area contributed by atoms with E-state index in [0.29, 0.717) is 25.3 Å². The van der Waals surface area contributed by atoms with E-state index in [2.05, 4.69) is 16.0 Å². The van der Waals surface area contributed by atoms with Crippen LogP contribution in [0.5, 0.6) is 5.75 Å². The van der Waals surface area contributed by atoms with Gasteiger partial charge in [-0.2, -0.15) is 0 Å². The van der Waals surface area contributed by atoms with Crippen LogP contribution in [0.4, 0.5) is 4.79 Å². The maximum atomic E-state index is 11.8. The van der Waals surface area contributed by atoms with E-state index in [1.165, 1.54) is 5.56 Å². The lowest BCUT2D eigenvalue weighted by Gasteiger charge is -2.19. The molecule has 0 aliphatic rings. The third kappa shape index (κ3) is 10.4. The summed E-state index contributed by atoms with van der Waals surface area (Å²) >= 11 is 0. The Morgan fingerprint density at radius 2 is 1.57 bits per heavy atom. The summed E-state index contributed by atoms with van der Waals surface area (Å²) in [6.07, 6.45) is -0.0771. The molecule has 0 atom stereocenters. The first-order chi connectivity index (χ1) is 13.1. The minimum Gasteiger partial charge on any atom is -0.484 e. The van der Waals surface area contributed by atoms with Gasteiger partial charge in [0.25, 0.3) is 5.91 Å². The van der Waals surface area contributed by atoms with Crippen LogP contribution in [0.1, 0.15) is 38.3 Å². The maximum Gasteiger partial charge on any atom is 0.408 e. The van der Waals surface area contributed by atoms with Crippen molar-refractivity contribution < 1.29 is 23.9 Å². The first-order valence-electron chi connectivity index (χ1n) is 9.27. The lowest BCUT2D eigenvalue weighted by Crippen LogP contribution is -2.40. The Hall–Kier alpha value is -2.77. The zero-order valence-corrected chi connectivity index (χ0v) is 17.3. The van der Waals surface area contributed by atoms with Crippen molar-refractivity contribution in [2.75, 3.05) is 26.2 Å². The average Bonchev–Trinajstić information content (AvgIpc) is 2.59. The van der Waals surface area contributed by atoms with Crippen molar-refractivity contribution in [3.63, 3.8) is 0 Å². The van der Waals surface area contributed by atoms with E-state index in [9.17, 15) is 14.4 Å². The van der Waals surface area contributed by atoms with Gasteiger partial charge in [0.05, 0.1) is 6.54 Å². The van der Waals surface area contributed by atoms with Crippen molar-refractivity contribution in [1.29, 1.82) is 0 Å². The van der Waals surface area contributed by atoms with Gasteiger partial charge < -0.3 is 25.4 Å². The van der Waals surface area contributed by atoms with Gasteiger partial charge in [-0.05, 0) is 64.3 Å². The molecule has 0 radical (unpaired) electrons. The standard InChI is InChI=1S/C20H31N3O5/c1-14-7-8-16(11-15(14)2)27-13-18(25)22-10-6-9-21-17(24)12-23-19(26)28-20(3,4)5/h7-8,11H,6,9-10,12-13H2,1-5H3,(H,21,24)(H,22,25)(H,23,26). The quantitative estimate of drug-likeness (QED) is 0.555. The number of amides is 3. The van der Waals surface area contributed by atoms with Crippen LogP contribution < -0.4 is 20.7 Å². The van der Waals surface area contributed by atoms with Gasteiger partial charge in [-0.1, -0.05) is 6.07 Å². The Kier molecular flexibility index (Phi) is 9.27. The second-order valence-corrected chi connectivity index (χ2v) is 7.44. The topological polar surface area (TPSA) is 106 Å². The van der Waals surface area contributed by atoms with Crippen molar-refractivity contribution in [2.24, 2.45) is 0 Å². The highest BCUT2D eigenvalue weighted by atomic mass is 16.6. The predicted octanol–water partition coefficient (Wildman–Crippen LogP) is 1.83. The number of ether oxygens (including phenoxy) is 2. The molecule has 3 N–H and O–H groups in total. The molecule has 0 saturated carbocycles. The van der Waals surface area contributed by atoms with Crippen LogP contribution in [0.15, 0.2) is 18.2 Å². The number of hydrogen-bond donors (Lipinski definition) is 3. The fraction of sp³-hybridized carbons (Fsp3) is 0.550. The van der Waals surface area contributed by atoms with E-state index in [0.717, 1.165) is 5.56 Å². The van der Waals surface area contributed by atoms with Crippen LogP contribution in [0.25, 0.3) is 0 Å². The molecule has 0 aromatic heterocycles. The summed E-state index contributed by atoms with van der Waals surface area (Å²) in [5, 5.41) is 7.75. The molecule has 3 amide bonds. The number of benzene rings is 1. The third-order valence-corrected chi connectivity index (χ3v) is 3.64. The zero-order valence-electron chi connectivity index (χ0n) is 17.3. The zero-order chi connectivity index (χ0) is 21.2. The van der Waals surface area contributed by atoms with Crippen LogP contribution in [0, 0.1) is 13.8 Å². The van der Waals surface area contributed by atoms with Crippen LogP contribution in [0.3, 0.4) is 0 Å². The van der Waals surface area contributed by atoms with Crippen LogP contribution in [-0.4, -0.2) is 49.7 Å². The predicted molar refractivity (Wildman–Crippen MR) is 106 cm³/mol. The van der Waals surface area contributed by atoms with Gasteiger partial charge in [0.15, 0.2) is 6.61 Å². The molecule has 1 rings (SSSR count). The van der Waals surface area contributed by atoms with E-state index >= 15 is 0 Å². The van der Waals surface area contributed by atoms with Gasteiger partial charge in [0.2, 0.25) is 5.91 Å². The van der Waals surface area contributed by atoms with Crippen LogP contribution in [0.2, 0.25) is 0 Å². The Bertz CT molecular complexity index is 683. The number of alkyl carbamates (subject to hydrolysis) is 1. The van der Waals surface area contributed by atoms with Crippen molar-refractivity contribution in [2.45, 2.75) is 46.6 Å². The molecule has 1 aromatic carbocycles. The number of rotatable bonds is 9. The van der Waals surface area contributed by atoms with Crippen molar-refractivity contribution in [1.82, 2.24) is 16.0 Å². The number of carbonyl (C=O) groups is 3. The molecule has 8 nitrogen and oxygen atoms in total. The SMILES string of the molecule is Cc1ccc(OCC(=O)NCCCNC(=O)CNC(=O)OC(C)(C)C)cc1C. The smallest absolute Gasteiger partial charge is 0.408 e. The molecular formula is C20H31N3O5. The van der Waals surface area contributed by atoms with E-state index < -0.39 is 11.7 Å². The normalized spacial score (nSPS) is 10.8.